The van der Waals surface area contributed by atoms with E-state index in [0.29, 0.717) is 0 Å². The number of rotatable bonds is 7. The van der Waals surface area contributed by atoms with Gasteiger partial charge in [0.1, 0.15) is 11.2 Å². The topological polar surface area (TPSA) is 21.3 Å². The Kier molecular flexibility index (Phi) is 8.17. The maximum absolute atomic E-state index is 6.33. The molecule has 12 rings (SSSR count). The van der Waals surface area contributed by atoms with Crippen molar-refractivity contribution in [1.29, 1.82) is 0 Å². The largest absolute Gasteiger partial charge is 0.456 e. The van der Waals surface area contributed by atoms with Crippen LogP contribution in [0.5, 0.6) is 0 Å². The summed E-state index contributed by atoms with van der Waals surface area (Å²) in [5.74, 6) is 0. The summed E-state index contributed by atoms with van der Waals surface area (Å²) < 4.78 is 8.73. The normalized spacial score (nSPS) is 11.6. The molecule has 0 unspecified atom stereocenters. The fraction of sp³-hybridized carbons (Fsp3) is 0. The van der Waals surface area contributed by atoms with E-state index in [1.54, 1.807) is 0 Å². The maximum Gasteiger partial charge on any atom is 0.136 e. The molecule has 0 radical (unpaired) electrons. The van der Waals surface area contributed by atoms with Crippen LogP contribution in [0.25, 0.3) is 93.6 Å². The molecule has 61 heavy (non-hydrogen) atoms. The molecule has 286 valence electrons. The lowest BCUT2D eigenvalue weighted by Gasteiger charge is -2.26. The smallest absolute Gasteiger partial charge is 0.136 e. The zero-order chi connectivity index (χ0) is 40.3. The van der Waals surface area contributed by atoms with E-state index >= 15 is 0 Å². The standard InChI is InChI=1S/C58H38N2O/c1-4-13-39(14-5-1)40-23-29-48(30-24-40)59(46-17-6-2-7-18-46)49-31-25-41(26-32-49)42-15-12-16-43(35-42)44-27-33-54-52(36-44)53-38-51-45(37-55(53)60(54)47-19-8-3-9-20-47)28-34-57-58(51)50-21-10-11-22-56(50)61-57/h1-38H. The van der Waals surface area contributed by atoms with Gasteiger partial charge in [-0.25, -0.2) is 0 Å². The van der Waals surface area contributed by atoms with Crippen LogP contribution in [0.15, 0.2) is 235 Å². The molecule has 0 aliphatic rings. The third-order valence-corrected chi connectivity index (χ3v) is 12.2. The zero-order valence-corrected chi connectivity index (χ0v) is 33.2. The van der Waals surface area contributed by atoms with E-state index in [2.05, 4.69) is 234 Å². The maximum atomic E-state index is 6.33. The van der Waals surface area contributed by atoms with Crippen LogP contribution in [0, 0.1) is 0 Å². The zero-order valence-electron chi connectivity index (χ0n) is 33.2. The molecule has 0 N–H and O–H groups in total. The molecule has 2 aromatic heterocycles. The number of aromatic nitrogens is 1. The average Bonchev–Trinajstić information content (AvgIpc) is 3.87. The Bertz CT molecular complexity index is 3550. The number of hydrogen-bond donors (Lipinski definition) is 0. The average molecular weight is 779 g/mol. The van der Waals surface area contributed by atoms with Crippen LogP contribution in [-0.4, -0.2) is 4.57 Å². The van der Waals surface area contributed by atoms with Crippen LogP contribution in [0.1, 0.15) is 0 Å². The van der Waals surface area contributed by atoms with E-state index in [4.69, 9.17) is 4.42 Å². The van der Waals surface area contributed by atoms with E-state index in [0.717, 1.165) is 39.3 Å². The summed E-state index contributed by atoms with van der Waals surface area (Å²) in [4.78, 5) is 2.32. The quantitative estimate of drug-likeness (QED) is 0.161. The minimum absolute atomic E-state index is 0.913. The highest BCUT2D eigenvalue weighted by Crippen LogP contribution is 2.42. The number of benzene rings is 10. The van der Waals surface area contributed by atoms with Gasteiger partial charge in [0.15, 0.2) is 0 Å². The van der Waals surface area contributed by atoms with E-state index < -0.39 is 0 Å². The summed E-state index contributed by atoms with van der Waals surface area (Å²) in [5, 5.41) is 7.14. The number of nitrogens with zero attached hydrogens (tertiary/aromatic N) is 2. The van der Waals surface area contributed by atoms with Crippen LogP contribution < -0.4 is 4.90 Å². The minimum atomic E-state index is 0.913. The fourth-order valence-electron chi connectivity index (χ4n) is 9.24. The van der Waals surface area contributed by atoms with Gasteiger partial charge in [0, 0.05) is 44.3 Å². The first-order valence-electron chi connectivity index (χ1n) is 20.8. The predicted molar refractivity (Wildman–Crippen MR) is 257 cm³/mol. The first-order valence-corrected chi connectivity index (χ1v) is 20.8. The van der Waals surface area contributed by atoms with Crippen molar-refractivity contribution in [3.8, 4) is 39.1 Å². The molecule has 10 aromatic carbocycles. The Balaban J connectivity index is 0.943. The minimum Gasteiger partial charge on any atom is -0.456 e. The van der Waals surface area contributed by atoms with Crippen molar-refractivity contribution in [2.75, 3.05) is 4.90 Å². The summed E-state index contributed by atoms with van der Waals surface area (Å²) in [7, 11) is 0. The van der Waals surface area contributed by atoms with Gasteiger partial charge >= 0.3 is 0 Å². The van der Waals surface area contributed by atoms with Crippen molar-refractivity contribution >= 4 is 71.6 Å². The Hall–Kier alpha value is -8.14. The molecule has 12 aromatic rings. The monoisotopic (exact) mass is 778 g/mol. The summed E-state index contributed by atoms with van der Waals surface area (Å²) in [6.07, 6.45) is 0. The Morgan fingerprint density at radius 1 is 0.311 bits per heavy atom. The van der Waals surface area contributed by atoms with E-state index in [9.17, 15) is 0 Å². The van der Waals surface area contributed by atoms with Crippen LogP contribution in [0.3, 0.4) is 0 Å². The van der Waals surface area contributed by atoms with Gasteiger partial charge in [0.05, 0.1) is 11.0 Å². The SMILES string of the molecule is c1ccc(-c2ccc(N(c3ccccc3)c3ccc(-c4cccc(-c5ccc6c(c5)c5cc7c(ccc8oc9ccccc9c87)cc5n6-c5ccccc5)c4)cc3)cc2)cc1. The molecular formula is C58H38N2O. The summed E-state index contributed by atoms with van der Waals surface area (Å²) in [6.45, 7) is 0. The Labute approximate surface area is 353 Å². The molecule has 0 saturated heterocycles. The van der Waals surface area contributed by atoms with Gasteiger partial charge in [-0.1, -0.05) is 140 Å². The van der Waals surface area contributed by atoms with Crippen molar-refractivity contribution in [2.24, 2.45) is 0 Å². The fourth-order valence-corrected chi connectivity index (χ4v) is 9.24. The van der Waals surface area contributed by atoms with Crippen LogP contribution >= 0.6 is 0 Å². The summed E-state index contributed by atoms with van der Waals surface area (Å²) >= 11 is 0. The molecule has 2 heterocycles. The van der Waals surface area contributed by atoms with Crippen molar-refractivity contribution in [3.63, 3.8) is 0 Å². The molecule has 0 atom stereocenters. The lowest BCUT2D eigenvalue weighted by molar-refractivity contribution is 0.669. The first-order chi connectivity index (χ1) is 30.2. The Morgan fingerprint density at radius 2 is 0.852 bits per heavy atom. The second kappa shape index (κ2) is 14.3. The van der Waals surface area contributed by atoms with Crippen molar-refractivity contribution in [1.82, 2.24) is 4.57 Å². The van der Waals surface area contributed by atoms with E-state index in [1.807, 2.05) is 6.07 Å². The highest BCUT2D eigenvalue weighted by Gasteiger charge is 2.18. The van der Waals surface area contributed by atoms with Crippen molar-refractivity contribution < 1.29 is 4.42 Å². The highest BCUT2D eigenvalue weighted by molar-refractivity contribution is 6.23. The number of furan rings is 1. The summed E-state index contributed by atoms with van der Waals surface area (Å²) in [6, 6.07) is 82.9. The van der Waals surface area contributed by atoms with Crippen molar-refractivity contribution in [3.05, 3.63) is 231 Å². The van der Waals surface area contributed by atoms with Gasteiger partial charge in [-0.05, 0) is 135 Å². The molecule has 0 aliphatic carbocycles. The predicted octanol–water partition coefficient (Wildman–Crippen LogP) is 16.3. The van der Waals surface area contributed by atoms with Gasteiger partial charge in [0.25, 0.3) is 0 Å². The first kappa shape index (κ1) is 34.9. The van der Waals surface area contributed by atoms with Crippen LogP contribution in [0.4, 0.5) is 17.1 Å². The van der Waals surface area contributed by atoms with Crippen LogP contribution in [-0.2, 0) is 0 Å². The highest BCUT2D eigenvalue weighted by atomic mass is 16.3. The molecule has 0 aliphatic heterocycles. The van der Waals surface area contributed by atoms with Crippen molar-refractivity contribution in [2.45, 2.75) is 0 Å². The van der Waals surface area contributed by atoms with Gasteiger partial charge in [0.2, 0.25) is 0 Å². The molecule has 0 fully saturated rings. The lowest BCUT2D eigenvalue weighted by Crippen LogP contribution is -2.09. The van der Waals surface area contributed by atoms with Gasteiger partial charge in [-0.2, -0.15) is 0 Å². The molecule has 0 spiro atoms. The molecule has 0 bridgehead atoms. The molecule has 0 amide bonds. The van der Waals surface area contributed by atoms with Gasteiger partial charge in [-0.3, -0.25) is 0 Å². The molecular weight excluding hydrogens is 741 g/mol. The third-order valence-electron chi connectivity index (χ3n) is 12.2. The van der Waals surface area contributed by atoms with E-state index in [1.165, 1.54) is 71.3 Å². The molecule has 3 nitrogen and oxygen atoms in total. The number of para-hydroxylation sites is 3. The van der Waals surface area contributed by atoms with Gasteiger partial charge < -0.3 is 13.9 Å². The number of anilines is 3. The van der Waals surface area contributed by atoms with Gasteiger partial charge in [-0.15, -0.1) is 0 Å². The number of hydrogen-bond acceptors (Lipinski definition) is 2. The van der Waals surface area contributed by atoms with E-state index in [-0.39, 0.29) is 0 Å². The third kappa shape index (κ3) is 5.98. The number of fused-ring (bicyclic) bond motifs is 8. The summed E-state index contributed by atoms with van der Waals surface area (Å²) in [5.41, 5.74) is 15.8. The second-order valence-corrected chi connectivity index (χ2v) is 15.7. The second-order valence-electron chi connectivity index (χ2n) is 15.7. The molecule has 3 heteroatoms. The Morgan fingerprint density at radius 3 is 1.59 bits per heavy atom. The van der Waals surface area contributed by atoms with Crippen LogP contribution in [0.2, 0.25) is 0 Å². The lowest BCUT2D eigenvalue weighted by atomic mass is 9.97. The molecule has 0 saturated carbocycles.